The molecule has 0 heterocycles. The maximum atomic E-state index is 12.6. The fourth-order valence-electron chi connectivity index (χ4n) is 4.28. The Hall–Kier alpha value is -0.610. The number of hydrogen-bond acceptors (Lipinski definition) is 3. The van der Waals surface area contributed by atoms with Gasteiger partial charge in [0.05, 0.1) is 12.7 Å². The molecule has 0 saturated carbocycles. The summed E-state index contributed by atoms with van der Waals surface area (Å²) in [5.74, 6) is 0.623. The normalized spacial score (nSPS) is 13.3. The molecule has 0 aliphatic rings. The van der Waals surface area contributed by atoms with Gasteiger partial charge in [0.25, 0.3) is 0 Å². The number of carbonyl (C=O) groups excluding carboxylic acids is 1. The zero-order valence-electron chi connectivity index (χ0n) is 21.3. The molecule has 0 aromatic rings. The van der Waals surface area contributed by atoms with Crippen LogP contribution in [0.15, 0.2) is 0 Å². The van der Waals surface area contributed by atoms with E-state index in [1.807, 2.05) is 4.90 Å². The van der Waals surface area contributed by atoms with E-state index in [0.29, 0.717) is 12.3 Å². The Morgan fingerprint density at radius 2 is 1.19 bits per heavy atom. The van der Waals surface area contributed by atoms with Crippen LogP contribution in [-0.2, 0) is 4.79 Å². The van der Waals surface area contributed by atoms with E-state index in [1.54, 1.807) is 0 Å². The Kier molecular flexibility index (Phi) is 22.1. The summed E-state index contributed by atoms with van der Waals surface area (Å²) in [7, 11) is 0. The number of amides is 1. The van der Waals surface area contributed by atoms with Crippen molar-refractivity contribution in [1.29, 1.82) is 0 Å². The number of nitrogens with zero attached hydrogens (tertiary/aromatic N) is 1. The summed E-state index contributed by atoms with van der Waals surface area (Å²) in [4.78, 5) is 14.4. The fraction of sp³-hybridized carbons (Fsp3) is 0.963. The third kappa shape index (κ3) is 18.6. The van der Waals surface area contributed by atoms with Crippen molar-refractivity contribution in [2.75, 3.05) is 19.7 Å². The topological polar surface area (TPSA) is 60.8 Å². The first-order valence-electron chi connectivity index (χ1n) is 13.7. The molecule has 2 atom stereocenters. The summed E-state index contributed by atoms with van der Waals surface area (Å²) in [6.07, 6.45) is 21.4. The van der Waals surface area contributed by atoms with Crippen LogP contribution in [0.5, 0.6) is 0 Å². The van der Waals surface area contributed by atoms with Gasteiger partial charge < -0.3 is 15.1 Å². The van der Waals surface area contributed by atoms with E-state index in [1.165, 1.54) is 77.0 Å². The lowest BCUT2D eigenvalue weighted by atomic mass is 9.96. The molecule has 0 aliphatic carbocycles. The predicted octanol–water partition coefficient (Wildman–Crippen LogP) is 6.87. The molecule has 0 aliphatic heterocycles. The Morgan fingerprint density at radius 3 is 1.68 bits per heavy atom. The molecule has 0 spiro atoms. The van der Waals surface area contributed by atoms with Gasteiger partial charge in [-0.15, -0.1) is 0 Å². The highest BCUT2D eigenvalue weighted by atomic mass is 16.3. The van der Waals surface area contributed by atoms with Crippen molar-refractivity contribution in [3.63, 3.8) is 0 Å². The molecule has 0 aromatic carbocycles. The van der Waals surface area contributed by atoms with Crippen molar-refractivity contribution in [2.45, 2.75) is 142 Å². The van der Waals surface area contributed by atoms with Crippen LogP contribution in [0.25, 0.3) is 0 Å². The number of aliphatic hydroxyl groups is 2. The Bertz CT molecular complexity index is 389. The molecule has 0 rings (SSSR count). The van der Waals surface area contributed by atoms with Crippen LogP contribution in [0.3, 0.4) is 0 Å². The van der Waals surface area contributed by atoms with Crippen LogP contribution in [-0.4, -0.2) is 46.8 Å². The molecular weight excluding hydrogens is 386 g/mol. The van der Waals surface area contributed by atoms with Crippen LogP contribution < -0.4 is 0 Å². The third-order valence-electron chi connectivity index (χ3n) is 6.51. The van der Waals surface area contributed by atoms with Gasteiger partial charge in [-0.2, -0.15) is 0 Å². The highest BCUT2D eigenvalue weighted by molar-refractivity contribution is 5.76. The van der Waals surface area contributed by atoms with E-state index in [2.05, 4.69) is 20.8 Å². The average Bonchev–Trinajstić information content (AvgIpc) is 2.78. The van der Waals surface area contributed by atoms with Crippen molar-refractivity contribution in [1.82, 2.24) is 4.90 Å². The maximum Gasteiger partial charge on any atom is 0.222 e. The highest BCUT2D eigenvalue weighted by Gasteiger charge is 2.20. The van der Waals surface area contributed by atoms with Crippen molar-refractivity contribution in [3.8, 4) is 0 Å². The first kappa shape index (κ1) is 30.4. The van der Waals surface area contributed by atoms with Crippen molar-refractivity contribution >= 4 is 5.91 Å². The average molecular weight is 442 g/mol. The first-order valence-corrected chi connectivity index (χ1v) is 13.7. The Balaban J connectivity index is 4.03. The summed E-state index contributed by atoms with van der Waals surface area (Å²) in [5, 5.41) is 19.1. The molecule has 0 saturated heterocycles. The van der Waals surface area contributed by atoms with E-state index < -0.39 is 6.10 Å². The summed E-state index contributed by atoms with van der Waals surface area (Å²) < 4.78 is 0. The Labute approximate surface area is 194 Å². The SMILES string of the molecule is CCCCCCCCCCCCCCC(CC)CN(CC(O)CO)C(=O)CCCCC. The predicted molar refractivity (Wildman–Crippen MR) is 133 cm³/mol. The molecule has 0 bridgehead atoms. The van der Waals surface area contributed by atoms with E-state index in [-0.39, 0.29) is 19.1 Å². The lowest BCUT2D eigenvalue weighted by Crippen LogP contribution is -2.41. The maximum absolute atomic E-state index is 12.6. The van der Waals surface area contributed by atoms with Crippen LogP contribution in [0.4, 0.5) is 0 Å². The molecule has 2 unspecified atom stereocenters. The van der Waals surface area contributed by atoms with Crippen molar-refractivity contribution in [2.24, 2.45) is 5.92 Å². The highest BCUT2D eigenvalue weighted by Crippen LogP contribution is 2.18. The third-order valence-corrected chi connectivity index (χ3v) is 6.51. The molecule has 4 heteroatoms. The van der Waals surface area contributed by atoms with Gasteiger partial charge in [0.1, 0.15) is 0 Å². The van der Waals surface area contributed by atoms with E-state index >= 15 is 0 Å². The zero-order valence-corrected chi connectivity index (χ0v) is 21.3. The second-order valence-electron chi connectivity index (χ2n) is 9.54. The van der Waals surface area contributed by atoms with Crippen LogP contribution in [0, 0.1) is 5.92 Å². The van der Waals surface area contributed by atoms with Crippen LogP contribution in [0.2, 0.25) is 0 Å². The minimum absolute atomic E-state index is 0.133. The van der Waals surface area contributed by atoms with Crippen molar-refractivity contribution < 1.29 is 15.0 Å². The summed E-state index contributed by atoms with van der Waals surface area (Å²) in [6.45, 7) is 7.31. The van der Waals surface area contributed by atoms with Crippen molar-refractivity contribution in [3.05, 3.63) is 0 Å². The smallest absolute Gasteiger partial charge is 0.222 e. The number of hydrogen-bond donors (Lipinski definition) is 2. The van der Waals surface area contributed by atoms with Crippen LogP contribution >= 0.6 is 0 Å². The molecule has 2 N–H and O–H groups in total. The van der Waals surface area contributed by atoms with Gasteiger partial charge in [0, 0.05) is 19.5 Å². The van der Waals surface area contributed by atoms with Gasteiger partial charge in [-0.1, -0.05) is 117 Å². The monoisotopic (exact) mass is 441 g/mol. The lowest BCUT2D eigenvalue weighted by molar-refractivity contribution is -0.133. The van der Waals surface area contributed by atoms with Gasteiger partial charge in [-0.05, 0) is 18.8 Å². The summed E-state index contributed by atoms with van der Waals surface area (Å²) in [6, 6.07) is 0. The van der Waals surface area contributed by atoms with E-state index in [0.717, 1.165) is 38.6 Å². The quantitative estimate of drug-likeness (QED) is 0.170. The second-order valence-corrected chi connectivity index (χ2v) is 9.54. The zero-order chi connectivity index (χ0) is 23.2. The summed E-state index contributed by atoms with van der Waals surface area (Å²) >= 11 is 0. The Morgan fingerprint density at radius 1 is 0.710 bits per heavy atom. The molecule has 31 heavy (non-hydrogen) atoms. The molecule has 0 radical (unpaired) electrons. The largest absolute Gasteiger partial charge is 0.394 e. The first-order chi connectivity index (χ1) is 15.1. The fourth-order valence-corrected chi connectivity index (χ4v) is 4.28. The number of unbranched alkanes of at least 4 members (excludes halogenated alkanes) is 13. The van der Waals surface area contributed by atoms with E-state index in [4.69, 9.17) is 0 Å². The van der Waals surface area contributed by atoms with Gasteiger partial charge in [-0.3, -0.25) is 4.79 Å². The van der Waals surface area contributed by atoms with Gasteiger partial charge in [0.2, 0.25) is 5.91 Å². The number of carbonyl (C=O) groups is 1. The molecular formula is C27H55NO3. The molecule has 186 valence electrons. The second kappa shape index (κ2) is 22.6. The van der Waals surface area contributed by atoms with Gasteiger partial charge in [0.15, 0.2) is 0 Å². The minimum atomic E-state index is -0.834. The lowest BCUT2D eigenvalue weighted by Gasteiger charge is -2.29. The molecule has 1 amide bonds. The molecule has 4 nitrogen and oxygen atoms in total. The molecule has 0 fully saturated rings. The molecule has 0 aromatic heterocycles. The van der Waals surface area contributed by atoms with E-state index in [9.17, 15) is 15.0 Å². The standard InChI is InChI=1S/C27H55NO3/c1-4-7-9-10-11-12-13-14-15-16-17-19-20-25(6-3)22-28(23-26(30)24-29)27(31)21-18-8-5-2/h25-26,29-30H,4-24H2,1-3H3. The summed E-state index contributed by atoms with van der Waals surface area (Å²) in [5.41, 5.74) is 0. The number of rotatable bonds is 23. The van der Waals surface area contributed by atoms with Gasteiger partial charge in [-0.25, -0.2) is 0 Å². The van der Waals surface area contributed by atoms with Crippen LogP contribution in [0.1, 0.15) is 136 Å². The van der Waals surface area contributed by atoms with Gasteiger partial charge >= 0.3 is 0 Å². The number of aliphatic hydroxyl groups excluding tert-OH is 2. The minimum Gasteiger partial charge on any atom is -0.394 e.